The highest BCUT2D eigenvalue weighted by atomic mass is 19.1. The van der Waals surface area contributed by atoms with Crippen molar-refractivity contribution in [3.63, 3.8) is 0 Å². The average Bonchev–Trinajstić information content (AvgIpc) is 2.49. The predicted octanol–water partition coefficient (Wildman–Crippen LogP) is 3.67. The van der Waals surface area contributed by atoms with Gasteiger partial charge in [-0.1, -0.05) is 12.1 Å². The molecule has 3 nitrogen and oxygen atoms in total. The van der Waals surface area contributed by atoms with Gasteiger partial charge in [0.2, 0.25) is 0 Å². The van der Waals surface area contributed by atoms with Crippen LogP contribution in [0.2, 0.25) is 0 Å². The molecule has 0 aliphatic rings. The lowest BCUT2D eigenvalue weighted by Crippen LogP contribution is -2.00. The molecule has 2 N–H and O–H groups in total. The fraction of sp³-hybridized carbons (Fsp3) is 0.0625. The van der Waals surface area contributed by atoms with Crippen molar-refractivity contribution in [2.24, 2.45) is 0 Å². The lowest BCUT2D eigenvalue weighted by molar-refractivity contribution is 0.289. The van der Waals surface area contributed by atoms with Gasteiger partial charge in [0.1, 0.15) is 12.4 Å². The first-order chi connectivity index (χ1) is 10.1. The Morgan fingerprint density at radius 1 is 1.05 bits per heavy atom. The number of ether oxygens (including phenoxy) is 1. The number of nitrogen functional groups attached to an aromatic ring is 1. The molecule has 1 heterocycles. The Morgan fingerprint density at radius 2 is 1.90 bits per heavy atom. The van der Waals surface area contributed by atoms with Gasteiger partial charge in [0.25, 0.3) is 0 Å². The number of rotatable bonds is 3. The third-order valence-corrected chi connectivity index (χ3v) is 3.11. The van der Waals surface area contributed by atoms with Crippen molar-refractivity contribution in [1.29, 1.82) is 0 Å². The van der Waals surface area contributed by atoms with E-state index in [1.165, 1.54) is 0 Å². The number of anilines is 1. The first-order valence-electron chi connectivity index (χ1n) is 6.34. The van der Waals surface area contributed by atoms with E-state index < -0.39 is 11.6 Å². The number of hydrogen-bond donors (Lipinski definition) is 1. The molecule has 1 aromatic heterocycles. The molecule has 3 rings (SSSR count). The van der Waals surface area contributed by atoms with Crippen LogP contribution in [0.1, 0.15) is 5.56 Å². The zero-order chi connectivity index (χ0) is 14.8. The highest BCUT2D eigenvalue weighted by Crippen LogP contribution is 2.24. The molecule has 0 fully saturated rings. The van der Waals surface area contributed by atoms with Gasteiger partial charge in [-0.3, -0.25) is 4.98 Å². The van der Waals surface area contributed by atoms with Gasteiger partial charge in [-0.15, -0.1) is 0 Å². The standard InChI is InChI=1S/C16H12F2N2O/c17-12-8-16(13(18)7-14(12)19)21-9-10-3-4-15-11(6-10)2-1-5-20-15/h1-8H,9,19H2. The maximum absolute atomic E-state index is 13.6. The first kappa shape index (κ1) is 13.3. The van der Waals surface area contributed by atoms with E-state index in [0.717, 1.165) is 28.6 Å². The van der Waals surface area contributed by atoms with Crippen LogP contribution >= 0.6 is 0 Å². The number of pyridine rings is 1. The summed E-state index contributed by atoms with van der Waals surface area (Å²) in [4.78, 5) is 4.21. The summed E-state index contributed by atoms with van der Waals surface area (Å²) in [5, 5.41) is 0.961. The third-order valence-electron chi connectivity index (χ3n) is 3.11. The highest BCUT2D eigenvalue weighted by Gasteiger charge is 2.09. The molecule has 0 bridgehead atoms. The number of aromatic nitrogens is 1. The molecule has 3 aromatic rings. The number of halogens is 2. The van der Waals surface area contributed by atoms with Crippen molar-refractivity contribution in [3.8, 4) is 5.75 Å². The summed E-state index contributed by atoms with van der Waals surface area (Å²) in [5.41, 5.74) is 6.75. The molecular weight excluding hydrogens is 274 g/mol. The van der Waals surface area contributed by atoms with Crippen molar-refractivity contribution >= 4 is 16.6 Å². The minimum Gasteiger partial charge on any atom is -0.486 e. The van der Waals surface area contributed by atoms with Crippen LogP contribution in [-0.2, 0) is 6.61 Å². The Hall–Kier alpha value is -2.69. The lowest BCUT2D eigenvalue weighted by atomic mass is 10.1. The van der Waals surface area contributed by atoms with Crippen molar-refractivity contribution < 1.29 is 13.5 Å². The van der Waals surface area contributed by atoms with E-state index in [2.05, 4.69) is 4.98 Å². The van der Waals surface area contributed by atoms with E-state index in [9.17, 15) is 8.78 Å². The SMILES string of the molecule is Nc1cc(F)c(OCc2ccc3ncccc3c2)cc1F. The molecule has 0 spiro atoms. The Balaban J connectivity index is 1.81. The van der Waals surface area contributed by atoms with E-state index >= 15 is 0 Å². The molecule has 0 saturated carbocycles. The number of fused-ring (bicyclic) bond motifs is 1. The zero-order valence-electron chi connectivity index (χ0n) is 11.0. The topological polar surface area (TPSA) is 48.1 Å². The van der Waals surface area contributed by atoms with Crippen molar-refractivity contribution in [1.82, 2.24) is 4.98 Å². The molecule has 106 valence electrons. The summed E-state index contributed by atoms with van der Waals surface area (Å²) in [6.07, 6.45) is 1.71. The molecule has 0 aliphatic carbocycles. The van der Waals surface area contributed by atoms with Crippen molar-refractivity contribution in [3.05, 3.63) is 65.9 Å². The predicted molar refractivity (Wildman–Crippen MR) is 76.8 cm³/mol. The fourth-order valence-electron chi connectivity index (χ4n) is 2.03. The van der Waals surface area contributed by atoms with Gasteiger partial charge in [0, 0.05) is 23.7 Å². The number of benzene rings is 2. The smallest absolute Gasteiger partial charge is 0.167 e. The van der Waals surface area contributed by atoms with Gasteiger partial charge in [0.15, 0.2) is 11.6 Å². The van der Waals surface area contributed by atoms with Gasteiger partial charge >= 0.3 is 0 Å². The van der Waals surface area contributed by atoms with Gasteiger partial charge in [-0.05, 0) is 23.8 Å². The van der Waals surface area contributed by atoms with E-state index in [1.54, 1.807) is 6.20 Å². The zero-order valence-corrected chi connectivity index (χ0v) is 11.0. The molecule has 0 unspecified atom stereocenters. The lowest BCUT2D eigenvalue weighted by Gasteiger charge is -2.09. The van der Waals surface area contributed by atoms with Crippen molar-refractivity contribution in [2.75, 3.05) is 5.73 Å². The largest absolute Gasteiger partial charge is 0.486 e. The van der Waals surface area contributed by atoms with Crippen LogP contribution in [0.15, 0.2) is 48.7 Å². The van der Waals surface area contributed by atoms with Crippen molar-refractivity contribution in [2.45, 2.75) is 6.61 Å². The van der Waals surface area contributed by atoms with Gasteiger partial charge < -0.3 is 10.5 Å². The van der Waals surface area contributed by atoms with Crippen LogP contribution in [0.3, 0.4) is 0 Å². The second kappa shape index (κ2) is 5.36. The van der Waals surface area contributed by atoms with E-state index in [-0.39, 0.29) is 18.0 Å². The molecule has 2 aromatic carbocycles. The molecule has 0 atom stereocenters. The van der Waals surface area contributed by atoms with Crippen LogP contribution in [-0.4, -0.2) is 4.98 Å². The maximum Gasteiger partial charge on any atom is 0.167 e. The fourth-order valence-corrected chi connectivity index (χ4v) is 2.03. The molecule has 0 radical (unpaired) electrons. The number of nitrogens with two attached hydrogens (primary N) is 1. The monoisotopic (exact) mass is 286 g/mol. The Morgan fingerprint density at radius 3 is 2.76 bits per heavy atom. The van der Waals surface area contributed by atoms with Crippen LogP contribution < -0.4 is 10.5 Å². The Kier molecular flexibility index (Phi) is 3.39. The minimum absolute atomic E-state index is 0.130. The van der Waals surface area contributed by atoms with Gasteiger partial charge in [-0.25, -0.2) is 8.78 Å². The van der Waals surface area contributed by atoms with Crippen LogP contribution in [0.4, 0.5) is 14.5 Å². The van der Waals surface area contributed by atoms with Crippen LogP contribution in [0, 0.1) is 11.6 Å². The second-order valence-corrected chi connectivity index (χ2v) is 4.62. The maximum atomic E-state index is 13.6. The second-order valence-electron chi connectivity index (χ2n) is 4.62. The minimum atomic E-state index is -0.700. The van der Waals surface area contributed by atoms with E-state index in [4.69, 9.17) is 10.5 Å². The molecule has 5 heteroatoms. The molecular formula is C16H12F2N2O. The third kappa shape index (κ3) is 2.76. The summed E-state index contributed by atoms with van der Waals surface area (Å²) >= 11 is 0. The summed E-state index contributed by atoms with van der Waals surface area (Å²) in [6.45, 7) is 0.130. The molecule has 0 aliphatic heterocycles. The number of hydrogen-bond acceptors (Lipinski definition) is 3. The summed E-state index contributed by atoms with van der Waals surface area (Å²) in [7, 11) is 0. The van der Waals surface area contributed by atoms with Gasteiger partial charge in [-0.2, -0.15) is 0 Å². The Labute approximate surface area is 120 Å². The quantitative estimate of drug-likeness (QED) is 0.747. The van der Waals surface area contributed by atoms with E-state index in [0.29, 0.717) is 0 Å². The summed E-state index contributed by atoms with van der Waals surface area (Å²) < 4.78 is 32.2. The Bertz CT molecular complexity index is 805. The summed E-state index contributed by atoms with van der Waals surface area (Å²) in [6, 6.07) is 11.2. The molecule has 0 amide bonds. The van der Waals surface area contributed by atoms with Gasteiger partial charge in [0.05, 0.1) is 11.2 Å². The van der Waals surface area contributed by atoms with Crippen LogP contribution in [0.5, 0.6) is 5.75 Å². The highest BCUT2D eigenvalue weighted by molar-refractivity contribution is 5.78. The molecule has 0 saturated heterocycles. The van der Waals surface area contributed by atoms with E-state index in [1.807, 2.05) is 30.3 Å². The van der Waals surface area contributed by atoms with Crippen LogP contribution in [0.25, 0.3) is 10.9 Å². The summed E-state index contributed by atoms with van der Waals surface area (Å²) in [5.74, 6) is -1.54. The number of nitrogens with zero attached hydrogens (tertiary/aromatic N) is 1. The average molecular weight is 286 g/mol. The normalized spacial score (nSPS) is 10.8. The molecule has 21 heavy (non-hydrogen) atoms. The first-order valence-corrected chi connectivity index (χ1v) is 6.34.